The van der Waals surface area contributed by atoms with E-state index < -0.39 is 12.0 Å². The van der Waals surface area contributed by atoms with E-state index in [1.165, 1.54) is 13.2 Å². The first kappa shape index (κ1) is 20.5. The predicted octanol–water partition coefficient (Wildman–Crippen LogP) is 2.81. The number of ether oxygens (including phenoxy) is 3. The molecule has 0 bridgehead atoms. The van der Waals surface area contributed by atoms with Gasteiger partial charge in [-0.25, -0.2) is 4.79 Å². The lowest BCUT2D eigenvalue weighted by molar-refractivity contribution is -0.145. The molecule has 0 radical (unpaired) electrons. The number of hydrogen-bond acceptors (Lipinski definition) is 5. The zero-order chi connectivity index (χ0) is 18.8. The second-order valence-electron chi connectivity index (χ2n) is 5.89. The van der Waals surface area contributed by atoms with Crippen LogP contribution < -0.4 is 14.8 Å². The summed E-state index contributed by atoms with van der Waals surface area (Å²) in [5.74, 6) is 0.691. The van der Waals surface area contributed by atoms with Crippen molar-refractivity contribution in [2.24, 2.45) is 5.92 Å². The van der Waals surface area contributed by atoms with Crippen LogP contribution in [0.5, 0.6) is 11.5 Å². The standard InChI is InChI=1S/C19H27NO5/c1-6-25-16-9-7-14(12-17(16)23-4)8-10-18(21)20-15(11-13(2)3)19(22)24-5/h7-10,12-13,15H,6,11H2,1-5H3,(H,20,21)/b10-8+. The minimum atomic E-state index is -0.656. The molecule has 1 amide bonds. The van der Waals surface area contributed by atoms with Crippen LogP contribution in [-0.2, 0) is 14.3 Å². The van der Waals surface area contributed by atoms with Crippen LogP contribution in [0, 0.1) is 5.92 Å². The summed E-state index contributed by atoms with van der Waals surface area (Å²) in [7, 11) is 2.87. The van der Waals surface area contributed by atoms with Gasteiger partial charge in [0.1, 0.15) is 6.04 Å². The van der Waals surface area contributed by atoms with E-state index in [4.69, 9.17) is 14.2 Å². The summed E-state index contributed by atoms with van der Waals surface area (Å²) in [5.41, 5.74) is 0.786. The third kappa shape index (κ3) is 6.87. The first-order valence-corrected chi connectivity index (χ1v) is 8.28. The van der Waals surface area contributed by atoms with Crippen molar-refractivity contribution >= 4 is 18.0 Å². The molecule has 25 heavy (non-hydrogen) atoms. The van der Waals surface area contributed by atoms with Gasteiger partial charge in [-0.05, 0) is 43.0 Å². The van der Waals surface area contributed by atoms with E-state index in [0.29, 0.717) is 24.5 Å². The number of benzene rings is 1. The van der Waals surface area contributed by atoms with Gasteiger partial charge >= 0.3 is 5.97 Å². The number of hydrogen-bond donors (Lipinski definition) is 1. The van der Waals surface area contributed by atoms with Crippen molar-refractivity contribution in [2.75, 3.05) is 20.8 Å². The van der Waals surface area contributed by atoms with Crippen LogP contribution in [0.15, 0.2) is 24.3 Å². The van der Waals surface area contributed by atoms with E-state index in [-0.39, 0.29) is 11.8 Å². The normalized spacial score (nSPS) is 12.1. The second kappa shape index (κ2) is 10.4. The van der Waals surface area contributed by atoms with Crippen LogP contribution in [0.25, 0.3) is 6.08 Å². The topological polar surface area (TPSA) is 73.9 Å². The first-order valence-electron chi connectivity index (χ1n) is 8.28. The fraction of sp³-hybridized carbons (Fsp3) is 0.474. The summed E-state index contributed by atoms with van der Waals surface area (Å²) in [4.78, 5) is 23.8. The number of esters is 1. The molecule has 0 aliphatic rings. The van der Waals surface area contributed by atoms with Crippen molar-refractivity contribution in [3.05, 3.63) is 29.8 Å². The van der Waals surface area contributed by atoms with Crippen LogP contribution in [0.2, 0.25) is 0 Å². The van der Waals surface area contributed by atoms with Crippen LogP contribution >= 0.6 is 0 Å². The van der Waals surface area contributed by atoms with E-state index in [0.717, 1.165) is 5.56 Å². The highest BCUT2D eigenvalue weighted by atomic mass is 16.5. The SMILES string of the molecule is CCOc1ccc(/C=C/C(=O)NC(CC(C)C)C(=O)OC)cc1OC. The molecule has 0 heterocycles. The van der Waals surface area contributed by atoms with Crippen LogP contribution in [-0.4, -0.2) is 38.7 Å². The van der Waals surface area contributed by atoms with Crippen LogP contribution in [0.4, 0.5) is 0 Å². The molecule has 1 aromatic carbocycles. The average molecular weight is 349 g/mol. The summed E-state index contributed by atoms with van der Waals surface area (Å²) < 4.78 is 15.5. The maximum absolute atomic E-state index is 12.1. The molecule has 0 spiro atoms. The Hall–Kier alpha value is -2.50. The second-order valence-corrected chi connectivity index (χ2v) is 5.89. The Morgan fingerprint density at radius 3 is 2.48 bits per heavy atom. The average Bonchev–Trinajstić information content (AvgIpc) is 2.59. The Bertz CT molecular complexity index is 610. The van der Waals surface area contributed by atoms with E-state index in [2.05, 4.69) is 5.32 Å². The molecular formula is C19H27NO5. The number of methoxy groups -OCH3 is 2. The highest BCUT2D eigenvalue weighted by Crippen LogP contribution is 2.28. The minimum absolute atomic E-state index is 0.253. The van der Waals surface area contributed by atoms with Crippen molar-refractivity contribution in [3.63, 3.8) is 0 Å². The summed E-state index contributed by atoms with van der Waals surface area (Å²) in [5, 5.41) is 2.67. The van der Waals surface area contributed by atoms with E-state index >= 15 is 0 Å². The Morgan fingerprint density at radius 2 is 1.92 bits per heavy atom. The van der Waals surface area contributed by atoms with Gasteiger partial charge in [0.05, 0.1) is 20.8 Å². The Morgan fingerprint density at radius 1 is 1.20 bits per heavy atom. The monoisotopic (exact) mass is 349 g/mol. The van der Waals surface area contributed by atoms with Gasteiger partial charge in [0.15, 0.2) is 11.5 Å². The summed E-state index contributed by atoms with van der Waals surface area (Å²) >= 11 is 0. The molecule has 6 heteroatoms. The van der Waals surface area contributed by atoms with Gasteiger partial charge in [-0.1, -0.05) is 19.9 Å². The van der Waals surface area contributed by atoms with Gasteiger partial charge in [0, 0.05) is 6.08 Å². The molecule has 1 unspecified atom stereocenters. The molecule has 1 N–H and O–H groups in total. The largest absolute Gasteiger partial charge is 0.493 e. The zero-order valence-electron chi connectivity index (χ0n) is 15.5. The van der Waals surface area contributed by atoms with Gasteiger partial charge in [-0.3, -0.25) is 4.79 Å². The molecule has 1 atom stereocenters. The Labute approximate surface area is 149 Å². The number of rotatable bonds is 9. The van der Waals surface area contributed by atoms with Gasteiger partial charge in [0.2, 0.25) is 5.91 Å². The van der Waals surface area contributed by atoms with Crippen molar-refractivity contribution in [1.82, 2.24) is 5.32 Å². The molecule has 6 nitrogen and oxygen atoms in total. The number of amides is 1. The van der Waals surface area contributed by atoms with Crippen molar-refractivity contribution in [2.45, 2.75) is 33.2 Å². The molecule has 138 valence electrons. The zero-order valence-corrected chi connectivity index (χ0v) is 15.5. The maximum atomic E-state index is 12.1. The summed E-state index contributed by atoms with van der Waals surface area (Å²) in [6, 6.07) is 4.73. The minimum Gasteiger partial charge on any atom is -0.493 e. The van der Waals surface area contributed by atoms with E-state index in [1.807, 2.05) is 26.8 Å². The molecule has 0 aliphatic heterocycles. The number of nitrogens with one attached hydrogen (secondary N) is 1. The lowest BCUT2D eigenvalue weighted by atomic mass is 10.0. The van der Waals surface area contributed by atoms with Crippen molar-refractivity contribution < 1.29 is 23.8 Å². The lowest BCUT2D eigenvalue weighted by Crippen LogP contribution is -2.41. The van der Waals surface area contributed by atoms with Gasteiger partial charge in [-0.2, -0.15) is 0 Å². The van der Waals surface area contributed by atoms with Crippen LogP contribution in [0.1, 0.15) is 32.8 Å². The van der Waals surface area contributed by atoms with E-state index in [9.17, 15) is 9.59 Å². The molecular weight excluding hydrogens is 322 g/mol. The molecule has 0 saturated heterocycles. The lowest BCUT2D eigenvalue weighted by Gasteiger charge is -2.17. The smallest absolute Gasteiger partial charge is 0.328 e. The molecule has 1 rings (SSSR count). The van der Waals surface area contributed by atoms with Crippen molar-refractivity contribution in [1.29, 1.82) is 0 Å². The highest BCUT2D eigenvalue weighted by Gasteiger charge is 2.21. The van der Waals surface area contributed by atoms with Gasteiger partial charge < -0.3 is 19.5 Å². The van der Waals surface area contributed by atoms with Gasteiger partial charge in [-0.15, -0.1) is 0 Å². The maximum Gasteiger partial charge on any atom is 0.328 e. The quantitative estimate of drug-likeness (QED) is 0.548. The number of carbonyl (C=O) groups excluding carboxylic acids is 2. The number of carbonyl (C=O) groups is 2. The van der Waals surface area contributed by atoms with Gasteiger partial charge in [0.25, 0.3) is 0 Å². The molecule has 0 fully saturated rings. The predicted molar refractivity (Wildman–Crippen MR) is 96.6 cm³/mol. The molecule has 0 aromatic heterocycles. The fourth-order valence-corrected chi connectivity index (χ4v) is 2.28. The Balaban J connectivity index is 2.79. The van der Waals surface area contributed by atoms with Crippen LogP contribution in [0.3, 0.4) is 0 Å². The summed E-state index contributed by atoms with van der Waals surface area (Å²) in [6.45, 7) is 6.39. The third-order valence-electron chi connectivity index (χ3n) is 3.42. The fourth-order valence-electron chi connectivity index (χ4n) is 2.28. The van der Waals surface area contributed by atoms with Crippen molar-refractivity contribution in [3.8, 4) is 11.5 Å². The highest BCUT2D eigenvalue weighted by molar-refractivity contribution is 5.94. The summed E-state index contributed by atoms with van der Waals surface area (Å²) in [6.07, 6.45) is 3.55. The molecule has 1 aromatic rings. The third-order valence-corrected chi connectivity index (χ3v) is 3.42. The molecule has 0 aliphatic carbocycles. The molecule has 0 saturated carbocycles. The first-order chi connectivity index (χ1) is 11.9. The van der Waals surface area contributed by atoms with E-state index in [1.54, 1.807) is 25.3 Å². The Kier molecular flexibility index (Phi) is 8.53.